The van der Waals surface area contributed by atoms with Crippen molar-refractivity contribution < 1.29 is 0 Å². The number of hydrazine groups is 1. The third-order valence-electron chi connectivity index (χ3n) is 3.04. The van der Waals surface area contributed by atoms with Gasteiger partial charge in [-0.05, 0) is 13.1 Å². The van der Waals surface area contributed by atoms with Crippen molar-refractivity contribution in [3.05, 3.63) is 11.9 Å². The van der Waals surface area contributed by atoms with Gasteiger partial charge in [0.05, 0.1) is 0 Å². The normalized spacial score (nSPS) is 11.1. The number of aromatic nitrogens is 2. The molecular weight excluding hydrogens is 240 g/mol. The van der Waals surface area contributed by atoms with E-state index in [0.717, 1.165) is 37.8 Å². The van der Waals surface area contributed by atoms with Crippen molar-refractivity contribution in [2.24, 2.45) is 5.84 Å². The summed E-state index contributed by atoms with van der Waals surface area (Å²) in [6.45, 7) is 12.5. The van der Waals surface area contributed by atoms with Crippen LogP contribution in [-0.4, -0.2) is 41.0 Å². The van der Waals surface area contributed by atoms with Gasteiger partial charge in [-0.1, -0.05) is 27.7 Å². The van der Waals surface area contributed by atoms with Crippen molar-refractivity contribution in [3.8, 4) is 0 Å². The highest BCUT2D eigenvalue weighted by atomic mass is 15.3. The Labute approximate surface area is 115 Å². The molecule has 1 rings (SSSR count). The summed E-state index contributed by atoms with van der Waals surface area (Å²) in [5, 5.41) is 3.33. The molecule has 1 heterocycles. The molecule has 19 heavy (non-hydrogen) atoms. The van der Waals surface area contributed by atoms with Crippen molar-refractivity contribution in [2.45, 2.75) is 33.6 Å². The zero-order chi connectivity index (χ0) is 14.3. The third-order valence-corrected chi connectivity index (χ3v) is 3.04. The molecule has 108 valence electrons. The van der Waals surface area contributed by atoms with E-state index < -0.39 is 0 Å². The molecular formula is C13H26N6. The number of hydrogen-bond donors (Lipinski definition) is 3. The Balaban J connectivity index is 2.64. The van der Waals surface area contributed by atoms with Crippen molar-refractivity contribution in [1.29, 1.82) is 0 Å². The summed E-state index contributed by atoms with van der Waals surface area (Å²) in [6, 6.07) is 1.83. The maximum atomic E-state index is 5.43. The second-order valence-corrected chi connectivity index (χ2v) is 4.75. The van der Waals surface area contributed by atoms with E-state index in [0.29, 0.717) is 5.82 Å². The lowest BCUT2D eigenvalue weighted by Gasteiger charge is -2.18. The van der Waals surface area contributed by atoms with E-state index in [1.165, 1.54) is 0 Å². The summed E-state index contributed by atoms with van der Waals surface area (Å²) in [5.74, 6) is 7.96. The van der Waals surface area contributed by atoms with Gasteiger partial charge >= 0.3 is 0 Å². The molecule has 0 fully saturated rings. The molecule has 1 aromatic rings. The number of nitrogens with one attached hydrogen (secondary N) is 2. The van der Waals surface area contributed by atoms with Crippen LogP contribution in [-0.2, 0) is 0 Å². The lowest BCUT2D eigenvalue weighted by atomic mass is 10.2. The third kappa shape index (κ3) is 5.00. The molecule has 0 aliphatic carbocycles. The number of anilines is 2. The Morgan fingerprint density at radius 3 is 2.37 bits per heavy atom. The van der Waals surface area contributed by atoms with Crippen LogP contribution < -0.4 is 16.6 Å². The molecule has 0 atom stereocenters. The topological polar surface area (TPSA) is 79.1 Å². The van der Waals surface area contributed by atoms with Gasteiger partial charge in [0.1, 0.15) is 17.5 Å². The minimum atomic E-state index is 0.275. The molecule has 0 radical (unpaired) electrons. The van der Waals surface area contributed by atoms with Crippen LogP contribution in [0.1, 0.15) is 39.4 Å². The van der Waals surface area contributed by atoms with E-state index in [1.54, 1.807) is 0 Å². The highest BCUT2D eigenvalue weighted by Gasteiger charge is 2.07. The van der Waals surface area contributed by atoms with Gasteiger partial charge in [0.2, 0.25) is 0 Å². The molecule has 0 spiro atoms. The fourth-order valence-electron chi connectivity index (χ4n) is 1.77. The zero-order valence-electron chi connectivity index (χ0n) is 12.4. The maximum absolute atomic E-state index is 5.43. The molecule has 0 amide bonds. The van der Waals surface area contributed by atoms with Crippen LogP contribution in [0.5, 0.6) is 0 Å². The van der Waals surface area contributed by atoms with Gasteiger partial charge in [0.25, 0.3) is 0 Å². The van der Waals surface area contributed by atoms with Crippen LogP contribution in [0.25, 0.3) is 0 Å². The average Bonchev–Trinajstić information content (AvgIpc) is 2.43. The highest BCUT2D eigenvalue weighted by molar-refractivity contribution is 5.47. The number of nitrogen functional groups attached to an aromatic ring is 1. The smallest absolute Gasteiger partial charge is 0.145 e. The van der Waals surface area contributed by atoms with Gasteiger partial charge in [-0.15, -0.1) is 0 Å². The summed E-state index contributed by atoms with van der Waals surface area (Å²) >= 11 is 0. The second kappa shape index (κ2) is 7.91. The molecule has 0 aromatic carbocycles. The van der Waals surface area contributed by atoms with Gasteiger partial charge in [0.15, 0.2) is 0 Å². The molecule has 0 bridgehead atoms. The molecule has 0 unspecified atom stereocenters. The Kier molecular flexibility index (Phi) is 6.52. The van der Waals surface area contributed by atoms with E-state index in [9.17, 15) is 0 Å². The summed E-state index contributed by atoms with van der Waals surface area (Å²) in [4.78, 5) is 11.2. The van der Waals surface area contributed by atoms with E-state index >= 15 is 0 Å². The van der Waals surface area contributed by atoms with Crippen LogP contribution in [0.3, 0.4) is 0 Å². The Morgan fingerprint density at radius 2 is 1.84 bits per heavy atom. The molecule has 6 heteroatoms. The van der Waals surface area contributed by atoms with Crippen molar-refractivity contribution in [1.82, 2.24) is 14.9 Å². The monoisotopic (exact) mass is 266 g/mol. The van der Waals surface area contributed by atoms with Gasteiger partial charge in [0, 0.05) is 25.1 Å². The second-order valence-electron chi connectivity index (χ2n) is 4.75. The predicted molar refractivity (Wildman–Crippen MR) is 80.2 cm³/mol. The van der Waals surface area contributed by atoms with Crippen molar-refractivity contribution >= 4 is 11.6 Å². The van der Waals surface area contributed by atoms with E-state index in [2.05, 4.69) is 53.3 Å². The lowest BCUT2D eigenvalue weighted by molar-refractivity contribution is 0.316. The maximum Gasteiger partial charge on any atom is 0.145 e. The van der Waals surface area contributed by atoms with Crippen LogP contribution in [0.15, 0.2) is 6.07 Å². The lowest BCUT2D eigenvalue weighted by Crippen LogP contribution is -2.28. The van der Waals surface area contributed by atoms with Gasteiger partial charge < -0.3 is 15.6 Å². The molecule has 6 nitrogen and oxygen atoms in total. The highest BCUT2D eigenvalue weighted by Crippen LogP contribution is 2.16. The van der Waals surface area contributed by atoms with Crippen LogP contribution in [0.4, 0.5) is 11.6 Å². The Bertz CT molecular complexity index is 375. The van der Waals surface area contributed by atoms with E-state index in [-0.39, 0.29) is 5.92 Å². The largest absolute Gasteiger partial charge is 0.369 e. The van der Waals surface area contributed by atoms with Crippen molar-refractivity contribution in [2.75, 3.05) is 36.9 Å². The van der Waals surface area contributed by atoms with Crippen LogP contribution >= 0.6 is 0 Å². The average molecular weight is 266 g/mol. The first-order valence-corrected chi connectivity index (χ1v) is 6.92. The molecule has 0 saturated carbocycles. The van der Waals surface area contributed by atoms with E-state index in [4.69, 9.17) is 5.84 Å². The first-order valence-electron chi connectivity index (χ1n) is 6.92. The summed E-state index contributed by atoms with van der Waals surface area (Å²) < 4.78 is 0. The standard InChI is InChI=1S/C13H26N6/c1-5-19(6-2)8-7-15-11-9-12(18-14)17-13(16-11)10(3)4/h9-10H,5-8,14H2,1-4H3,(H2,15,16,17,18). The Morgan fingerprint density at radius 1 is 1.21 bits per heavy atom. The van der Waals surface area contributed by atoms with E-state index in [1.807, 2.05) is 6.07 Å². The quantitative estimate of drug-likeness (QED) is 0.490. The van der Waals surface area contributed by atoms with Gasteiger partial charge in [-0.2, -0.15) is 0 Å². The number of nitrogens with zero attached hydrogens (tertiary/aromatic N) is 3. The number of hydrogen-bond acceptors (Lipinski definition) is 6. The summed E-state index contributed by atoms with van der Waals surface area (Å²) in [7, 11) is 0. The number of likely N-dealkylation sites (N-methyl/N-ethyl adjacent to an activating group) is 1. The number of nitrogens with two attached hydrogens (primary N) is 1. The summed E-state index contributed by atoms with van der Waals surface area (Å²) in [6.07, 6.45) is 0. The SMILES string of the molecule is CCN(CC)CCNc1cc(NN)nc(C(C)C)n1. The Hall–Kier alpha value is -1.40. The first kappa shape index (κ1) is 15.7. The molecule has 0 saturated heterocycles. The fraction of sp³-hybridized carbons (Fsp3) is 0.692. The molecule has 0 aliphatic rings. The van der Waals surface area contributed by atoms with Crippen LogP contribution in [0, 0.1) is 0 Å². The first-order chi connectivity index (χ1) is 9.10. The van der Waals surface area contributed by atoms with Crippen LogP contribution in [0.2, 0.25) is 0 Å². The van der Waals surface area contributed by atoms with Gasteiger partial charge in [-0.3, -0.25) is 0 Å². The summed E-state index contributed by atoms with van der Waals surface area (Å²) in [5.41, 5.74) is 2.58. The minimum absolute atomic E-state index is 0.275. The molecule has 0 aliphatic heterocycles. The minimum Gasteiger partial charge on any atom is -0.369 e. The predicted octanol–water partition coefficient (Wildman–Crippen LogP) is 1.64. The zero-order valence-corrected chi connectivity index (χ0v) is 12.4. The number of rotatable bonds is 8. The van der Waals surface area contributed by atoms with Crippen molar-refractivity contribution in [3.63, 3.8) is 0 Å². The molecule has 1 aromatic heterocycles. The van der Waals surface area contributed by atoms with Gasteiger partial charge in [-0.25, -0.2) is 15.8 Å². The fourth-order valence-corrected chi connectivity index (χ4v) is 1.77. The molecule has 4 N–H and O–H groups in total.